The van der Waals surface area contributed by atoms with Crippen LogP contribution in [0.3, 0.4) is 0 Å². The molecule has 98 valence electrons. The Morgan fingerprint density at radius 2 is 2.06 bits per heavy atom. The van der Waals surface area contributed by atoms with E-state index < -0.39 is 0 Å². The van der Waals surface area contributed by atoms with Crippen LogP contribution < -0.4 is 10.6 Å². The van der Waals surface area contributed by atoms with E-state index >= 15 is 0 Å². The standard InChI is InChI=1S/C14H20N2O2/c1-10-3-4-11(9-12(10)17)13(18)16-14(2)5-7-15-8-6-14/h3-4,9,15,17H,5-8H2,1-2H3,(H,16,18). The summed E-state index contributed by atoms with van der Waals surface area (Å²) in [4.78, 5) is 12.1. The maximum absolute atomic E-state index is 12.1. The number of carbonyl (C=O) groups excluding carboxylic acids is 1. The SMILES string of the molecule is Cc1ccc(C(=O)NC2(C)CCNCC2)cc1O. The number of hydrogen-bond donors (Lipinski definition) is 3. The van der Waals surface area contributed by atoms with E-state index in [-0.39, 0.29) is 17.2 Å². The van der Waals surface area contributed by atoms with Crippen LogP contribution >= 0.6 is 0 Å². The summed E-state index contributed by atoms with van der Waals surface area (Å²) < 4.78 is 0. The fourth-order valence-electron chi connectivity index (χ4n) is 2.20. The van der Waals surface area contributed by atoms with Gasteiger partial charge in [-0.3, -0.25) is 4.79 Å². The van der Waals surface area contributed by atoms with Gasteiger partial charge < -0.3 is 15.7 Å². The topological polar surface area (TPSA) is 61.4 Å². The highest BCUT2D eigenvalue weighted by Gasteiger charge is 2.28. The van der Waals surface area contributed by atoms with Gasteiger partial charge in [0.1, 0.15) is 5.75 Å². The van der Waals surface area contributed by atoms with Crippen LogP contribution in [0.25, 0.3) is 0 Å². The van der Waals surface area contributed by atoms with Crippen LogP contribution in [0, 0.1) is 6.92 Å². The van der Waals surface area contributed by atoms with Crippen molar-refractivity contribution in [2.75, 3.05) is 13.1 Å². The van der Waals surface area contributed by atoms with E-state index in [1.807, 2.05) is 6.92 Å². The van der Waals surface area contributed by atoms with Crippen molar-refractivity contribution in [1.82, 2.24) is 10.6 Å². The number of rotatable bonds is 2. The van der Waals surface area contributed by atoms with Gasteiger partial charge in [-0.1, -0.05) is 6.07 Å². The predicted molar refractivity (Wildman–Crippen MR) is 70.8 cm³/mol. The zero-order valence-electron chi connectivity index (χ0n) is 10.9. The molecule has 2 rings (SSSR count). The van der Waals surface area contributed by atoms with Crippen LogP contribution in [0.4, 0.5) is 0 Å². The molecular weight excluding hydrogens is 228 g/mol. The highest BCUT2D eigenvalue weighted by atomic mass is 16.3. The Kier molecular flexibility index (Phi) is 3.57. The number of aromatic hydroxyl groups is 1. The minimum absolute atomic E-state index is 0.116. The number of carbonyl (C=O) groups is 1. The second-order valence-electron chi connectivity index (χ2n) is 5.27. The maximum Gasteiger partial charge on any atom is 0.251 e. The molecule has 1 saturated heterocycles. The molecule has 0 saturated carbocycles. The number of nitrogens with one attached hydrogen (secondary N) is 2. The third kappa shape index (κ3) is 2.82. The highest BCUT2D eigenvalue weighted by molar-refractivity contribution is 5.95. The number of phenols is 1. The number of amides is 1. The molecule has 0 atom stereocenters. The van der Waals surface area contributed by atoms with E-state index in [0.29, 0.717) is 5.56 Å². The Balaban J connectivity index is 2.09. The van der Waals surface area contributed by atoms with Crippen LogP contribution in [0.5, 0.6) is 5.75 Å². The Morgan fingerprint density at radius 3 is 2.67 bits per heavy atom. The largest absolute Gasteiger partial charge is 0.508 e. The Labute approximate surface area is 107 Å². The van der Waals surface area contributed by atoms with Crippen molar-refractivity contribution in [3.8, 4) is 5.75 Å². The molecule has 1 aromatic rings. The fraction of sp³-hybridized carbons (Fsp3) is 0.500. The lowest BCUT2D eigenvalue weighted by Gasteiger charge is -2.35. The minimum Gasteiger partial charge on any atom is -0.508 e. The van der Waals surface area contributed by atoms with Crippen molar-refractivity contribution in [1.29, 1.82) is 0 Å². The molecule has 0 spiro atoms. The predicted octanol–water partition coefficient (Wildman–Crippen LogP) is 1.57. The van der Waals surface area contributed by atoms with Gasteiger partial charge in [0, 0.05) is 11.1 Å². The third-order valence-electron chi connectivity index (χ3n) is 3.59. The summed E-state index contributed by atoms with van der Waals surface area (Å²) in [5, 5.41) is 16.0. The van der Waals surface area contributed by atoms with Crippen LogP contribution in [0.15, 0.2) is 18.2 Å². The molecular formula is C14H20N2O2. The summed E-state index contributed by atoms with van der Waals surface area (Å²) in [7, 11) is 0. The van der Waals surface area contributed by atoms with Crippen molar-refractivity contribution in [3.05, 3.63) is 29.3 Å². The molecule has 1 aliphatic rings. The Bertz CT molecular complexity index is 451. The molecule has 0 bridgehead atoms. The van der Waals surface area contributed by atoms with Crippen molar-refractivity contribution in [2.24, 2.45) is 0 Å². The van der Waals surface area contributed by atoms with Gasteiger partial charge in [-0.15, -0.1) is 0 Å². The fourth-order valence-corrected chi connectivity index (χ4v) is 2.20. The monoisotopic (exact) mass is 248 g/mol. The molecule has 1 heterocycles. The van der Waals surface area contributed by atoms with Crippen LogP contribution in [0.1, 0.15) is 35.7 Å². The summed E-state index contributed by atoms with van der Waals surface area (Å²) in [6, 6.07) is 5.03. The molecule has 0 radical (unpaired) electrons. The summed E-state index contributed by atoms with van der Waals surface area (Å²) in [6.45, 7) is 5.73. The van der Waals surface area contributed by atoms with E-state index in [4.69, 9.17) is 0 Å². The summed E-state index contributed by atoms with van der Waals surface area (Å²) in [5.74, 6) is 0.0489. The molecule has 1 amide bonds. The number of benzene rings is 1. The first-order valence-electron chi connectivity index (χ1n) is 6.33. The smallest absolute Gasteiger partial charge is 0.251 e. The molecule has 0 unspecified atom stereocenters. The molecule has 1 aromatic carbocycles. The van der Waals surface area contributed by atoms with E-state index in [1.54, 1.807) is 12.1 Å². The molecule has 0 aromatic heterocycles. The van der Waals surface area contributed by atoms with E-state index in [0.717, 1.165) is 31.5 Å². The van der Waals surface area contributed by atoms with Crippen molar-refractivity contribution in [3.63, 3.8) is 0 Å². The first-order chi connectivity index (χ1) is 8.50. The summed E-state index contributed by atoms with van der Waals surface area (Å²) in [6.07, 6.45) is 1.85. The molecule has 1 fully saturated rings. The van der Waals surface area contributed by atoms with Crippen LogP contribution in [0.2, 0.25) is 0 Å². The van der Waals surface area contributed by atoms with E-state index in [1.165, 1.54) is 6.07 Å². The summed E-state index contributed by atoms with van der Waals surface area (Å²) >= 11 is 0. The molecule has 4 heteroatoms. The highest BCUT2D eigenvalue weighted by Crippen LogP contribution is 2.20. The molecule has 18 heavy (non-hydrogen) atoms. The van der Waals surface area contributed by atoms with Crippen molar-refractivity contribution in [2.45, 2.75) is 32.2 Å². The second-order valence-corrected chi connectivity index (χ2v) is 5.27. The molecule has 1 aliphatic heterocycles. The van der Waals surface area contributed by atoms with Gasteiger partial charge in [0.2, 0.25) is 0 Å². The number of hydrogen-bond acceptors (Lipinski definition) is 3. The van der Waals surface area contributed by atoms with Gasteiger partial charge in [0.15, 0.2) is 0 Å². The van der Waals surface area contributed by atoms with Gasteiger partial charge in [-0.2, -0.15) is 0 Å². The first kappa shape index (κ1) is 12.9. The molecule has 0 aliphatic carbocycles. The lowest BCUT2D eigenvalue weighted by molar-refractivity contribution is 0.0887. The normalized spacial score (nSPS) is 18.3. The van der Waals surface area contributed by atoms with Crippen LogP contribution in [-0.2, 0) is 0 Å². The van der Waals surface area contributed by atoms with E-state index in [2.05, 4.69) is 17.6 Å². The average Bonchev–Trinajstić information content (AvgIpc) is 2.33. The van der Waals surface area contributed by atoms with Gasteiger partial charge in [0.25, 0.3) is 5.91 Å². The summed E-state index contributed by atoms with van der Waals surface area (Å²) in [5.41, 5.74) is 1.14. The Morgan fingerprint density at radius 1 is 1.39 bits per heavy atom. The number of phenolic OH excluding ortho intramolecular Hbond substituents is 1. The molecule has 3 N–H and O–H groups in total. The quantitative estimate of drug-likeness (QED) is 0.744. The van der Waals surface area contributed by atoms with Gasteiger partial charge in [0.05, 0.1) is 0 Å². The lowest BCUT2D eigenvalue weighted by Crippen LogP contribution is -2.52. The van der Waals surface area contributed by atoms with Gasteiger partial charge >= 0.3 is 0 Å². The number of piperidine rings is 1. The minimum atomic E-state index is -0.150. The zero-order chi connectivity index (χ0) is 13.2. The van der Waals surface area contributed by atoms with Gasteiger partial charge in [-0.05, 0) is 57.5 Å². The maximum atomic E-state index is 12.1. The third-order valence-corrected chi connectivity index (χ3v) is 3.59. The van der Waals surface area contributed by atoms with Crippen LogP contribution in [-0.4, -0.2) is 29.6 Å². The first-order valence-corrected chi connectivity index (χ1v) is 6.33. The second kappa shape index (κ2) is 4.98. The van der Waals surface area contributed by atoms with Crippen molar-refractivity contribution >= 4 is 5.91 Å². The van der Waals surface area contributed by atoms with Crippen molar-refractivity contribution < 1.29 is 9.90 Å². The zero-order valence-corrected chi connectivity index (χ0v) is 10.9. The van der Waals surface area contributed by atoms with Gasteiger partial charge in [-0.25, -0.2) is 0 Å². The molecule has 4 nitrogen and oxygen atoms in total. The number of aryl methyl sites for hydroxylation is 1. The lowest BCUT2D eigenvalue weighted by atomic mass is 9.90. The Hall–Kier alpha value is -1.55. The van der Waals surface area contributed by atoms with E-state index in [9.17, 15) is 9.90 Å². The average molecular weight is 248 g/mol.